The molecule has 9 nitrogen and oxygen atoms in total. The molecular formula is C20H21N5O4S. The summed E-state index contributed by atoms with van der Waals surface area (Å²) in [4.78, 5) is 18.5. The minimum absolute atomic E-state index is 0.130. The second-order valence-corrected chi connectivity index (χ2v) is 8.11. The zero-order chi connectivity index (χ0) is 21.9. The number of imidazole rings is 1. The van der Waals surface area contributed by atoms with Crippen molar-refractivity contribution >= 4 is 27.2 Å². The minimum Gasteiger partial charge on any atom is -0.744 e. The zero-order valence-electron chi connectivity index (χ0n) is 16.4. The van der Waals surface area contributed by atoms with E-state index in [1.165, 1.54) is 12.1 Å². The van der Waals surface area contributed by atoms with Gasteiger partial charge < -0.3 is 10.3 Å². The summed E-state index contributed by atoms with van der Waals surface area (Å²) in [6.45, 7) is 2.44. The minimum atomic E-state index is -4.27. The first-order valence-electron chi connectivity index (χ1n) is 8.96. The molecule has 2 aromatic carbocycles. The number of nitrogens with two attached hydrogens (primary N) is 1. The van der Waals surface area contributed by atoms with Gasteiger partial charge in [-0.1, -0.05) is 53.0 Å². The number of benzene rings is 2. The van der Waals surface area contributed by atoms with E-state index in [4.69, 9.17) is 5.73 Å². The lowest BCUT2D eigenvalue weighted by Gasteiger charge is -2.05. The molecule has 0 unspecified atom stereocenters. The van der Waals surface area contributed by atoms with Gasteiger partial charge in [0.25, 0.3) is 11.5 Å². The average molecular weight is 427 g/mol. The normalized spacial score (nSPS) is 11.2. The Morgan fingerprint density at radius 2 is 1.77 bits per heavy atom. The highest BCUT2D eigenvalue weighted by atomic mass is 32.2. The third-order valence-corrected chi connectivity index (χ3v) is 5.18. The predicted molar refractivity (Wildman–Crippen MR) is 111 cm³/mol. The number of aromatic nitrogens is 4. The smallest absolute Gasteiger partial charge is 0.311 e. The number of aromatic amines is 1. The van der Waals surface area contributed by atoms with Gasteiger partial charge in [-0.3, -0.25) is 14.3 Å². The molecule has 0 aliphatic rings. The number of anilines is 1. The van der Waals surface area contributed by atoms with Gasteiger partial charge in [0.2, 0.25) is 5.52 Å². The van der Waals surface area contributed by atoms with Crippen LogP contribution in [0.25, 0.3) is 11.2 Å². The molecule has 0 aliphatic heterocycles. The van der Waals surface area contributed by atoms with E-state index in [0.717, 1.165) is 11.1 Å². The standard InChI is InChI=1S/C13H13N5O.C7H8O3S/c1-17-8-18(7-9-5-3-2-4-6-9)10-11(17)15-13(14)16-12(10)19;1-6-2-4-7(5-3-6)11(8,9)10/h2-6,8H,7H2,1H3,(H2-,14,15,16,19);2-5H,1H3,(H,8,9,10). The van der Waals surface area contributed by atoms with Crippen molar-refractivity contribution in [2.75, 3.05) is 5.73 Å². The van der Waals surface area contributed by atoms with Crippen molar-refractivity contribution in [2.45, 2.75) is 18.4 Å². The van der Waals surface area contributed by atoms with E-state index in [1.807, 2.05) is 55.2 Å². The molecule has 0 atom stereocenters. The van der Waals surface area contributed by atoms with Crippen molar-refractivity contribution in [1.29, 1.82) is 0 Å². The maximum absolute atomic E-state index is 12.0. The van der Waals surface area contributed by atoms with Gasteiger partial charge in [0, 0.05) is 0 Å². The molecule has 156 valence electrons. The van der Waals surface area contributed by atoms with Crippen LogP contribution in [0.4, 0.5) is 5.95 Å². The van der Waals surface area contributed by atoms with Crippen molar-refractivity contribution in [1.82, 2.24) is 14.5 Å². The molecule has 0 aliphatic carbocycles. The molecule has 0 fully saturated rings. The largest absolute Gasteiger partial charge is 0.744 e. The fourth-order valence-corrected chi connectivity index (χ4v) is 3.37. The molecule has 0 bridgehead atoms. The van der Waals surface area contributed by atoms with Crippen molar-refractivity contribution < 1.29 is 17.5 Å². The Bertz CT molecular complexity index is 1330. The lowest BCUT2D eigenvalue weighted by Crippen LogP contribution is -2.27. The van der Waals surface area contributed by atoms with Crippen molar-refractivity contribution in [3.8, 4) is 0 Å². The van der Waals surface area contributed by atoms with E-state index in [1.54, 1.807) is 16.7 Å². The highest BCUT2D eigenvalue weighted by Gasteiger charge is 2.19. The first-order valence-corrected chi connectivity index (χ1v) is 10.4. The van der Waals surface area contributed by atoms with Crippen LogP contribution < -0.4 is 15.9 Å². The predicted octanol–water partition coefficient (Wildman–Crippen LogP) is 1.08. The summed E-state index contributed by atoms with van der Waals surface area (Å²) in [6, 6.07) is 15.7. The number of fused-ring (bicyclic) bond motifs is 1. The number of nitrogens with one attached hydrogen (secondary N) is 1. The molecule has 30 heavy (non-hydrogen) atoms. The summed E-state index contributed by atoms with van der Waals surface area (Å²) >= 11 is 0. The Morgan fingerprint density at radius 1 is 1.13 bits per heavy atom. The van der Waals surface area contributed by atoms with E-state index < -0.39 is 10.1 Å². The van der Waals surface area contributed by atoms with E-state index in [-0.39, 0.29) is 16.4 Å². The molecule has 2 heterocycles. The van der Waals surface area contributed by atoms with Crippen molar-refractivity contribution in [3.05, 3.63) is 82.4 Å². The molecular weight excluding hydrogens is 406 g/mol. The summed E-state index contributed by atoms with van der Waals surface area (Å²) in [5.74, 6) is 0.130. The first-order chi connectivity index (χ1) is 14.1. The molecule has 4 aromatic rings. The van der Waals surface area contributed by atoms with Gasteiger partial charge in [0.15, 0.2) is 6.33 Å². The van der Waals surface area contributed by atoms with E-state index in [2.05, 4.69) is 9.97 Å². The maximum Gasteiger partial charge on any atom is 0.311 e. The van der Waals surface area contributed by atoms with Gasteiger partial charge in [-0.25, -0.2) is 13.0 Å². The van der Waals surface area contributed by atoms with Crippen LogP contribution >= 0.6 is 0 Å². The topological polar surface area (TPSA) is 138 Å². The number of aryl methyl sites for hydroxylation is 2. The Balaban J connectivity index is 0.000000199. The van der Waals surface area contributed by atoms with Gasteiger partial charge >= 0.3 is 5.65 Å². The Hall–Kier alpha value is -3.50. The van der Waals surface area contributed by atoms with Crippen molar-refractivity contribution in [3.63, 3.8) is 0 Å². The summed E-state index contributed by atoms with van der Waals surface area (Å²) < 4.78 is 34.8. The SMILES string of the molecule is C[n+]1cn(Cc2ccccc2)c2c(=O)[nH]c(N)nc21.Cc1ccc(S(=O)(=O)[O-])cc1. The van der Waals surface area contributed by atoms with Gasteiger partial charge in [0.05, 0.1) is 18.5 Å². The number of H-pyrrole nitrogens is 1. The highest BCUT2D eigenvalue weighted by Crippen LogP contribution is 2.09. The van der Waals surface area contributed by atoms with Crippen LogP contribution in [-0.4, -0.2) is 27.5 Å². The van der Waals surface area contributed by atoms with Crippen LogP contribution in [0.3, 0.4) is 0 Å². The summed E-state index contributed by atoms with van der Waals surface area (Å²) in [5, 5.41) is 0. The summed E-state index contributed by atoms with van der Waals surface area (Å²) in [5.41, 5.74) is 8.50. The van der Waals surface area contributed by atoms with Crippen LogP contribution in [0.15, 0.2) is 70.6 Å². The third kappa shape index (κ3) is 4.91. The van der Waals surface area contributed by atoms with Crippen molar-refractivity contribution in [2.24, 2.45) is 7.05 Å². The quantitative estimate of drug-likeness (QED) is 0.371. The van der Waals surface area contributed by atoms with Gasteiger partial charge in [-0.2, -0.15) is 0 Å². The number of nitrogen functional groups attached to an aromatic ring is 1. The Morgan fingerprint density at radius 3 is 2.37 bits per heavy atom. The molecule has 0 amide bonds. The zero-order valence-corrected chi connectivity index (χ0v) is 17.3. The maximum atomic E-state index is 12.0. The fourth-order valence-electron chi connectivity index (χ4n) is 2.90. The van der Waals surface area contributed by atoms with E-state index in [9.17, 15) is 17.8 Å². The molecule has 2 aromatic heterocycles. The number of hydrogen-bond acceptors (Lipinski definition) is 6. The fraction of sp³-hybridized carbons (Fsp3) is 0.150. The summed E-state index contributed by atoms with van der Waals surface area (Å²) in [6.07, 6.45) is 1.85. The lowest BCUT2D eigenvalue weighted by molar-refractivity contribution is -0.647. The second kappa shape index (κ2) is 8.47. The van der Waals surface area contributed by atoms with Crippen LogP contribution in [0, 0.1) is 6.92 Å². The van der Waals surface area contributed by atoms with Gasteiger partial charge in [-0.15, -0.1) is 0 Å². The second-order valence-electron chi connectivity index (χ2n) is 6.73. The van der Waals surface area contributed by atoms with E-state index in [0.29, 0.717) is 17.7 Å². The Kier molecular flexibility index (Phi) is 5.99. The first kappa shape index (κ1) is 21.2. The molecule has 3 N–H and O–H groups in total. The molecule has 4 rings (SSSR count). The lowest BCUT2D eigenvalue weighted by atomic mass is 10.2. The molecule has 10 heteroatoms. The highest BCUT2D eigenvalue weighted by molar-refractivity contribution is 7.85. The monoisotopic (exact) mass is 427 g/mol. The van der Waals surface area contributed by atoms with Crippen LogP contribution in [0.5, 0.6) is 0 Å². The van der Waals surface area contributed by atoms with Gasteiger partial charge in [-0.05, 0) is 24.6 Å². The van der Waals surface area contributed by atoms with E-state index >= 15 is 0 Å². The summed E-state index contributed by atoms with van der Waals surface area (Å²) in [7, 11) is -2.43. The number of rotatable bonds is 3. The number of nitrogens with zero attached hydrogens (tertiary/aromatic N) is 3. The Labute approximate surface area is 173 Å². The molecule has 0 saturated carbocycles. The molecule has 0 saturated heterocycles. The third-order valence-electron chi connectivity index (χ3n) is 4.33. The van der Waals surface area contributed by atoms with Crippen LogP contribution in [0.1, 0.15) is 11.1 Å². The van der Waals surface area contributed by atoms with Crippen LogP contribution in [-0.2, 0) is 23.7 Å². The average Bonchev–Trinajstić information content (AvgIpc) is 2.98. The van der Waals surface area contributed by atoms with Gasteiger partial charge in [0.1, 0.15) is 10.1 Å². The molecule has 0 radical (unpaired) electrons. The van der Waals surface area contributed by atoms with Crippen LogP contribution in [0.2, 0.25) is 0 Å². The number of hydrogen-bond donors (Lipinski definition) is 2. The molecule has 0 spiro atoms.